The normalized spacial score (nSPS) is 11.9. The van der Waals surface area contributed by atoms with Crippen LogP contribution in [0.4, 0.5) is 14.5 Å². The Morgan fingerprint density at radius 3 is 2.69 bits per heavy atom. The lowest BCUT2D eigenvalue weighted by atomic mass is 10.1. The molecule has 1 unspecified atom stereocenters. The van der Waals surface area contributed by atoms with Gasteiger partial charge in [-0.2, -0.15) is 5.26 Å². The smallest absolute Gasteiger partial charge is 0.149 e. The van der Waals surface area contributed by atoms with E-state index in [0.29, 0.717) is 6.42 Å². The van der Waals surface area contributed by atoms with Gasteiger partial charge in [-0.25, -0.2) is 8.78 Å². The van der Waals surface area contributed by atoms with Crippen molar-refractivity contribution in [2.75, 3.05) is 5.32 Å². The van der Waals surface area contributed by atoms with Crippen molar-refractivity contribution in [1.29, 1.82) is 5.26 Å². The molecule has 0 bridgehead atoms. The predicted molar refractivity (Wildman–Crippen MR) is 62.0 cm³/mol. The first-order valence-corrected chi connectivity index (χ1v) is 5.65. The van der Waals surface area contributed by atoms with Gasteiger partial charge in [0.25, 0.3) is 0 Å². The lowest BCUT2D eigenvalue weighted by Gasteiger charge is -2.16. The van der Waals surface area contributed by atoms with E-state index in [0.717, 1.165) is 6.07 Å². The average molecular weight is 289 g/mol. The average Bonchev–Trinajstić information content (AvgIpc) is 2.25. The van der Waals surface area contributed by atoms with E-state index >= 15 is 0 Å². The van der Waals surface area contributed by atoms with Gasteiger partial charge in [-0.15, -0.1) is 0 Å². The summed E-state index contributed by atoms with van der Waals surface area (Å²) in [7, 11) is 0. The van der Waals surface area contributed by atoms with Crippen molar-refractivity contribution >= 4 is 21.6 Å². The molecule has 5 heteroatoms. The summed E-state index contributed by atoms with van der Waals surface area (Å²) < 4.78 is 26.5. The monoisotopic (exact) mass is 288 g/mol. The van der Waals surface area contributed by atoms with E-state index in [-0.39, 0.29) is 22.6 Å². The summed E-state index contributed by atoms with van der Waals surface area (Å²) in [6, 6.07) is 4.03. The molecular weight excluding hydrogens is 278 g/mol. The third-order valence-corrected chi connectivity index (χ3v) is 2.81. The quantitative estimate of drug-likeness (QED) is 0.855. The summed E-state index contributed by atoms with van der Waals surface area (Å²) in [4.78, 5) is 0. The van der Waals surface area contributed by atoms with Gasteiger partial charge < -0.3 is 5.32 Å². The summed E-state index contributed by atoms with van der Waals surface area (Å²) >= 11 is 2.98. The van der Waals surface area contributed by atoms with E-state index in [1.807, 2.05) is 13.0 Å². The molecule has 1 N–H and O–H groups in total. The van der Waals surface area contributed by atoms with Gasteiger partial charge in [0.1, 0.15) is 11.6 Å². The maximum Gasteiger partial charge on any atom is 0.149 e. The van der Waals surface area contributed by atoms with E-state index in [9.17, 15) is 8.78 Å². The number of hydrogen-bond donors (Lipinski definition) is 1. The van der Waals surface area contributed by atoms with Crippen LogP contribution in [0.15, 0.2) is 16.6 Å². The molecule has 0 aliphatic heterocycles. The second-order valence-electron chi connectivity index (χ2n) is 3.36. The molecule has 1 rings (SSSR count). The second kappa shape index (κ2) is 5.80. The third-order valence-electron chi connectivity index (χ3n) is 2.20. The van der Waals surface area contributed by atoms with Crippen LogP contribution in [0, 0.1) is 23.0 Å². The molecule has 0 aliphatic rings. The van der Waals surface area contributed by atoms with Crippen molar-refractivity contribution in [2.24, 2.45) is 0 Å². The van der Waals surface area contributed by atoms with E-state index in [4.69, 9.17) is 5.26 Å². The van der Waals surface area contributed by atoms with E-state index in [1.165, 1.54) is 6.07 Å². The zero-order valence-electron chi connectivity index (χ0n) is 8.73. The number of nitriles is 1. The summed E-state index contributed by atoms with van der Waals surface area (Å²) in [5, 5.41) is 11.4. The highest BCUT2D eigenvalue weighted by Crippen LogP contribution is 2.24. The molecule has 16 heavy (non-hydrogen) atoms. The number of nitrogens with zero attached hydrogens (tertiary/aromatic N) is 1. The minimum Gasteiger partial charge on any atom is -0.379 e. The van der Waals surface area contributed by atoms with Gasteiger partial charge in [0, 0.05) is 12.1 Å². The summed E-state index contributed by atoms with van der Waals surface area (Å²) in [6.45, 7) is 1.89. The number of hydrogen-bond acceptors (Lipinski definition) is 2. The van der Waals surface area contributed by atoms with Crippen LogP contribution >= 0.6 is 15.9 Å². The van der Waals surface area contributed by atoms with Crippen molar-refractivity contribution in [3.05, 3.63) is 28.2 Å². The zero-order chi connectivity index (χ0) is 12.1. The lowest BCUT2D eigenvalue weighted by Crippen LogP contribution is -2.18. The predicted octanol–water partition coefficient (Wildman–Crippen LogP) is 3.83. The van der Waals surface area contributed by atoms with Crippen molar-refractivity contribution in [3.8, 4) is 6.07 Å². The molecule has 0 aromatic heterocycles. The Hall–Kier alpha value is -1.15. The fourth-order valence-corrected chi connectivity index (χ4v) is 1.60. The van der Waals surface area contributed by atoms with Crippen LogP contribution in [0.3, 0.4) is 0 Å². The molecular formula is C11H11BrF2N2. The summed E-state index contributed by atoms with van der Waals surface area (Å²) in [5.74, 6) is -1.30. The van der Waals surface area contributed by atoms with E-state index < -0.39 is 11.6 Å². The van der Waals surface area contributed by atoms with Gasteiger partial charge in [0.05, 0.1) is 22.7 Å². The maximum atomic E-state index is 13.4. The number of nitrogens with one attached hydrogen (secondary N) is 1. The lowest BCUT2D eigenvalue weighted by molar-refractivity contribution is 0.577. The highest BCUT2D eigenvalue weighted by Gasteiger charge is 2.11. The van der Waals surface area contributed by atoms with Gasteiger partial charge in [-0.05, 0) is 28.4 Å². The maximum absolute atomic E-state index is 13.4. The van der Waals surface area contributed by atoms with Gasteiger partial charge in [0.2, 0.25) is 0 Å². The highest BCUT2D eigenvalue weighted by atomic mass is 79.9. The fraction of sp³-hybridized carbons (Fsp3) is 0.364. The fourth-order valence-electron chi connectivity index (χ4n) is 1.26. The van der Waals surface area contributed by atoms with Crippen LogP contribution in [-0.2, 0) is 0 Å². The van der Waals surface area contributed by atoms with E-state index in [1.54, 1.807) is 0 Å². The van der Waals surface area contributed by atoms with Crippen molar-refractivity contribution in [1.82, 2.24) is 0 Å². The first kappa shape index (κ1) is 12.9. The number of benzene rings is 1. The molecule has 0 spiro atoms. The second-order valence-corrected chi connectivity index (χ2v) is 4.21. The van der Waals surface area contributed by atoms with Crippen LogP contribution in [-0.4, -0.2) is 6.04 Å². The molecule has 0 aliphatic carbocycles. The number of anilines is 1. The number of halogens is 3. The number of rotatable bonds is 4. The molecule has 0 amide bonds. The molecule has 1 atom stereocenters. The molecule has 0 saturated carbocycles. The Morgan fingerprint density at radius 1 is 1.44 bits per heavy atom. The molecule has 2 nitrogen and oxygen atoms in total. The topological polar surface area (TPSA) is 35.8 Å². The summed E-state index contributed by atoms with van der Waals surface area (Å²) in [6.07, 6.45) is 0.979. The Bertz CT molecular complexity index is 415. The first-order valence-electron chi connectivity index (χ1n) is 4.86. The molecule has 0 saturated heterocycles. The molecule has 1 aromatic carbocycles. The summed E-state index contributed by atoms with van der Waals surface area (Å²) in [5.41, 5.74) is 0.204. The zero-order valence-corrected chi connectivity index (χ0v) is 10.3. The van der Waals surface area contributed by atoms with Gasteiger partial charge in [0.15, 0.2) is 0 Å². The van der Waals surface area contributed by atoms with Crippen molar-refractivity contribution in [2.45, 2.75) is 25.8 Å². The van der Waals surface area contributed by atoms with Crippen LogP contribution in [0.5, 0.6) is 0 Å². The van der Waals surface area contributed by atoms with Gasteiger partial charge >= 0.3 is 0 Å². The Labute approximate surface area is 101 Å². The Morgan fingerprint density at radius 2 is 2.12 bits per heavy atom. The molecule has 0 radical (unpaired) electrons. The SMILES string of the molecule is CCC(CC#N)Nc1cc(Br)c(F)cc1F. The van der Waals surface area contributed by atoms with E-state index in [2.05, 4.69) is 21.2 Å². The van der Waals surface area contributed by atoms with Crippen LogP contribution in [0.2, 0.25) is 0 Å². The minimum atomic E-state index is -0.655. The van der Waals surface area contributed by atoms with Crippen LogP contribution in [0.1, 0.15) is 19.8 Å². The molecule has 0 fully saturated rings. The van der Waals surface area contributed by atoms with Crippen molar-refractivity contribution < 1.29 is 8.78 Å². The largest absolute Gasteiger partial charge is 0.379 e. The third kappa shape index (κ3) is 3.17. The highest BCUT2D eigenvalue weighted by molar-refractivity contribution is 9.10. The standard InChI is InChI=1S/C11H11BrF2N2/c1-2-7(3-4-15)16-11-5-8(12)9(13)6-10(11)14/h5-7,16H,2-3H2,1H3. The van der Waals surface area contributed by atoms with Gasteiger partial charge in [-0.1, -0.05) is 6.92 Å². The van der Waals surface area contributed by atoms with Crippen LogP contribution in [0.25, 0.3) is 0 Å². The Balaban J connectivity index is 2.88. The molecule has 1 aromatic rings. The molecule has 86 valence electrons. The Kier molecular flexibility index (Phi) is 4.69. The first-order chi connectivity index (χ1) is 7.58. The minimum absolute atomic E-state index is 0.128. The van der Waals surface area contributed by atoms with Crippen molar-refractivity contribution in [3.63, 3.8) is 0 Å². The van der Waals surface area contributed by atoms with Gasteiger partial charge in [-0.3, -0.25) is 0 Å². The molecule has 0 heterocycles. The van der Waals surface area contributed by atoms with Crippen LogP contribution < -0.4 is 5.32 Å².